The van der Waals surface area contributed by atoms with Gasteiger partial charge in [-0.2, -0.15) is 5.26 Å². The molecule has 3 heteroatoms. The standard InChI is InChI=1S/C32H25N3/c1-34(28-18-12-25(24-33)13-19-28)29-20-14-26(15-21-29)27-16-22-32(23-17-27)35(30-8-4-2-5-9-30)31-10-6-3-7-11-31/h2-23H,1H3. The number of anilines is 5. The minimum absolute atomic E-state index is 0.666. The van der Waals surface area contributed by atoms with E-state index in [1.807, 2.05) is 43.4 Å². The van der Waals surface area contributed by atoms with E-state index in [1.165, 1.54) is 11.1 Å². The van der Waals surface area contributed by atoms with Crippen LogP contribution in [-0.2, 0) is 0 Å². The second kappa shape index (κ2) is 9.99. The molecule has 0 saturated heterocycles. The van der Waals surface area contributed by atoms with Gasteiger partial charge in [-0.3, -0.25) is 0 Å². The first-order valence-electron chi connectivity index (χ1n) is 11.6. The molecule has 35 heavy (non-hydrogen) atoms. The Morgan fingerprint density at radius 3 is 1.26 bits per heavy atom. The number of para-hydroxylation sites is 2. The Morgan fingerprint density at radius 2 is 0.829 bits per heavy atom. The molecule has 0 atom stereocenters. The third-order valence-electron chi connectivity index (χ3n) is 6.13. The van der Waals surface area contributed by atoms with Crippen LogP contribution in [0.2, 0.25) is 0 Å². The molecular formula is C32H25N3. The molecule has 0 radical (unpaired) electrons. The van der Waals surface area contributed by atoms with Gasteiger partial charge in [-0.05, 0) is 83.9 Å². The highest BCUT2D eigenvalue weighted by molar-refractivity contribution is 5.78. The monoisotopic (exact) mass is 451 g/mol. The molecule has 0 aliphatic carbocycles. The maximum atomic E-state index is 9.02. The molecule has 0 N–H and O–H groups in total. The summed E-state index contributed by atoms with van der Waals surface area (Å²) >= 11 is 0. The van der Waals surface area contributed by atoms with Crippen molar-refractivity contribution in [3.63, 3.8) is 0 Å². The van der Waals surface area contributed by atoms with Crippen LogP contribution in [0, 0.1) is 11.3 Å². The molecule has 0 heterocycles. The van der Waals surface area contributed by atoms with Gasteiger partial charge in [0.1, 0.15) is 0 Å². The molecule has 0 aromatic heterocycles. The van der Waals surface area contributed by atoms with Crippen LogP contribution in [-0.4, -0.2) is 7.05 Å². The number of hydrogen-bond acceptors (Lipinski definition) is 3. The Balaban J connectivity index is 1.39. The molecule has 0 saturated carbocycles. The van der Waals surface area contributed by atoms with E-state index in [-0.39, 0.29) is 0 Å². The summed E-state index contributed by atoms with van der Waals surface area (Å²) in [4.78, 5) is 4.38. The van der Waals surface area contributed by atoms with Gasteiger partial charge >= 0.3 is 0 Å². The average molecular weight is 452 g/mol. The van der Waals surface area contributed by atoms with Crippen LogP contribution in [0.3, 0.4) is 0 Å². The number of hydrogen-bond donors (Lipinski definition) is 0. The summed E-state index contributed by atoms with van der Waals surface area (Å²) in [6.45, 7) is 0. The van der Waals surface area contributed by atoms with Gasteiger partial charge in [0, 0.05) is 35.5 Å². The maximum Gasteiger partial charge on any atom is 0.0991 e. The average Bonchev–Trinajstić information content (AvgIpc) is 2.94. The minimum Gasteiger partial charge on any atom is -0.345 e. The summed E-state index contributed by atoms with van der Waals surface area (Å²) in [7, 11) is 2.03. The van der Waals surface area contributed by atoms with E-state index in [1.54, 1.807) is 0 Å². The largest absolute Gasteiger partial charge is 0.345 e. The first-order chi connectivity index (χ1) is 17.2. The predicted molar refractivity (Wildman–Crippen MR) is 146 cm³/mol. The number of nitriles is 1. The molecule has 0 unspecified atom stereocenters. The van der Waals surface area contributed by atoms with E-state index in [2.05, 4.69) is 113 Å². The highest BCUT2D eigenvalue weighted by Crippen LogP contribution is 2.35. The van der Waals surface area contributed by atoms with Crippen LogP contribution in [0.15, 0.2) is 133 Å². The smallest absolute Gasteiger partial charge is 0.0991 e. The molecule has 5 aromatic carbocycles. The zero-order valence-corrected chi connectivity index (χ0v) is 19.5. The summed E-state index contributed by atoms with van der Waals surface area (Å²) < 4.78 is 0. The van der Waals surface area contributed by atoms with Crippen molar-refractivity contribution in [2.75, 3.05) is 16.8 Å². The third kappa shape index (κ3) is 4.78. The van der Waals surface area contributed by atoms with E-state index in [0.717, 1.165) is 28.4 Å². The van der Waals surface area contributed by atoms with Crippen LogP contribution in [0.25, 0.3) is 11.1 Å². The van der Waals surface area contributed by atoms with Crippen LogP contribution < -0.4 is 9.80 Å². The molecule has 0 fully saturated rings. The van der Waals surface area contributed by atoms with E-state index in [0.29, 0.717) is 5.56 Å². The van der Waals surface area contributed by atoms with Gasteiger partial charge in [0.05, 0.1) is 11.6 Å². The fraction of sp³-hybridized carbons (Fsp3) is 0.0312. The zero-order chi connectivity index (χ0) is 24.0. The van der Waals surface area contributed by atoms with E-state index < -0.39 is 0 Å². The van der Waals surface area contributed by atoms with E-state index >= 15 is 0 Å². The Morgan fingerprint density at radius 1 is 0.457 bits per heavy atom. The molecule has 0 amide bonds. The van der Waals surface area contributed by atoms with E-state index in [9.17, 15) is 0 Å². The highest BCUT2D eigenvalue weighted by atomic mass is 15.1. The lowest BCUT2D eigenvalue weighted by Gasteiger charge is -2.25. The van der Waals surface area contributed by atoms with Crippen LogP contribution in [0.1, 0.15) is 5.56 Å². The van der Waals surface area contributed by atoms with Gasteiger partial charge in [0.25, 0.3) is 0 Å². The lowest BCUT2D eigenvalue weighted by Crippen LogP contribution is -2.09. The van der Waals surface area contributed by atoms with Crippen molar-refractivity contribution >= 4 is 28.4 Å². The summed E-state index contributed by atoms with van der Waals surface area (Å²) in [5, 5.41) is 9.02. The van der Waals surface area contributed by atoms with E-state index in [4.69, 9.17) is 5.26 Å². The Kier molecular flexibility index (Phi) is 6.28. The summed E-state index contributed by atoms with van der Waals surface area (Å²) in [6.07, 6.45) is 0. The second-order valence-electron chi connectivity index (χ2n) is 8.32. The summed E-state index contributed by atoms with van der Waals surface area (Å²) in [5.41, 5.74) is 8.50. The number of benzene rings is 5. The fourth-order valence-electron chi connectivity index (χ4n) is 4.19. The van der Waals surface area contributed by atoms with Crippen LogP contribution in [0.4, 0.5) is 28.4 Å². The SMILES string of the molecule is CN(c1ccc(C#N)cc1)c1ccc(-c2ccc(N(c3ccccc3)c3ccccc3)cc2)cc1. The van der Waals surface area contributed by atoms with Crippen molar-refractivity contribution in [1.82, 2.24) is 0 Å². The molecular weight excluding hydrogens is 426 g/mol. The Bertz CT molecular complexity index is 1380. The Hall–Kier alpha value is -4.81. The van der Waals surface area contributed by atoms with Gasteiger partial charge < -0.3 is 9.80 Å². The predicted octanol–water partition coefficient (Wildman–Crippen LogP) is 8.46. The van der Waals surface area contributed by atoms with Gasteiger partial charge in [0.2, 0.25) is 0 Å². The van der Waals surface area contributed by atoms with Gasteiger partial charge in [0.15, 0.2) is 0 Å². The molecule has 0 aliphatic heterocycles. The van der Waals surface area contributed by atoms with Gasteiger partial charge in [-0.1, -0.05) is 60.7 Å². The van der Waals surface area contributed by atoms with Crippen LogP contribution in [0.5, 0.6) is 0 Å². The van der Waals surface area contributed by atoms with Crippen molar-refractivity contribution in [1.29, 1.82) is 5.26 Å². The first kappa shape index (κ1) is 22.0. The minimum atomic E-state index is 0.666. The molecule has 5 rings (SSSR count). The molecule has 3 nitrogen and oxygen atoms in total. The van der Waals surface area contributed by atoms with Crippen LogP contribution >= 0.6 is 0 Å². The Labute approximate surface area is 206 Å². The van der Waals surface area contributed by atoms with Crippen molar-refractivity contribution in [3.8, 4) is 17.2 Å². The van der Waals surface area contributed by atoms with Crippen molar-refractivity contribution < 1.29 is 0 Å². The molecule has 0 bridgehead atoms. The third-order valence-corrected chi connectivity index (χ3v) is 6.13. The second-order valence-corrected chi connectivity index (χ2v) is 8.32. The van der Waals surface area contributed by atoms with Gasteiger partial charge in [-0.15, -0.1) is 0 Å². The number of rotatable bonds is 6. The topological polar surface area (TPSA) is 30.3 Å². The first-order valence-corrected chi connectivity index (χ1v) is 11.6. The fourth-order valence-corrected chi connectivity index (χ4v) is 4.19. The quantitative estimate of drug-likeness (QED) is 0.259. The molecule has 5 aromatic rings. The molecule has 168 valence electrons. The van der Waals surface area contributed by atoms with Crippen molar-refractivity contribution in [3.05, 3.63) is 139 Å². The summed E-state index contributed by atoms with van der Waals surface area (Å²) in [6, 6.07) is 47.9. The van der Waals surface area contributed by atoms with Gasteiger partial charge in [-0.25, -0.2) is 0 Å². The highest BCUT2D eigenvalue weighted by Gasteiger charge is 2.12. The molecule has 0 aliphatic rings. The zero-order valence-electron chi connectivity index (χ0n) is 19.5. The molecule has 0 spiro atoms. The normalized spacial score (nSPS) is 10.4. The van der Waals surface area contributed by atoms with Crippen molar-refractivity contribution in [2.45, 2.75) is 0 Å². The number of nitrogens with zero attached hydrogens (tertiary/aromatic N) is 3. The maximum absolute atomic E-state index is 9.02. The lowest BCUT2D eigenvalue weighted by molar-refractivity contribution is 1.21. The lowest BCUT2D eigenvalue weighted by atomic mass is 10.0. The summed E-state index contributed by atoms with van der Waals surface area (Å²) in [5.74, 6) is 0. The van der Waals surface area contributed by atoms with Crippen molar-refractivity contribution in [2.24, 2.45) is 0 Å².